The lowest BCUT2D eigenvalue weighted by Crippen LogP contribution is -2.65. The Balaban J connectivity index is 1.33. The van der Waals surface area contributed by atoms with E-state index in [1.54, 1.807) is 17.6 Å². The van der Waals surface area contributed by atoms with Crippen LogP contribution in [0.4, 0.5) is 4.79 Å². The minimum atomic E-state index is -0.172. The number of carbonyl (C=O) groups is 1. The second kappa shape index (κ2) is 6.73. The molecule has 4 saturated carbocycles. The van der Waals surface area contributed by atoms with Gasteiger partial charge in [0.1, 0.15) is 0 Å². The molecule has 4 bridgehead atoms. The molecule has 2 amide bonds. The molecule has 4 aliphatic carbocycles. The zero-order chi connectivity index (χ0) is 19.2. The number of benzene rings is 1. The van der Waals surface area contributed by atoms with Gasteiger partial charge in [0.15, 0.2) is 0 Å². The molecule has 0 saturated heterocycles. The number of nitrogens with one attached hydrogen (secondary N) is 2. The Morgan fingerprint density at radius 1 is 1.14 bits per heavy atom. The number of hydrogen-bond acceptors (Lipinski definition) is 3. The number of urea groups is 1. The Labute approximate surface area is 170 Å². The average Bonchev–Trinajstić information content (AvgIpc) is 3.14. The summed E-state index contributed by atoms with van der Waals surface area (Å²) in [5.41, 5.74) is 5.60. The molecular formula is C23H27N3OS. The molecule has 4 aliphatic rings. The van der Waals surface area contributed by atoms with Crippen molar-refractivity contribution < 1.29 is 4.79 Å². The van der Waals surface area contributed by atoms with E-state index in [-0.39, 0.29) is 17.0 Å². The number of nitrogens with zero attached hydrogens (tertiary/aromatic N) is 1. The van der Waals surface area contributed by atoms with Crippen LogP contribution in [0.5, 0.6) is 0 Å². The summed E-state index contributed by atoms with van der Waals surface area (Å²) in [5, 5.41) is 9.47. The van der Waals surface area contributed by atoms with Gasteiger partial charge >= 0.3 is 6.03 Å². The standard InChI is InChI=1S/C23H27N3OS/c1-16-4-6-19(7-5-16)22-10-17-9-18(11-22)13-23(12-17,15-22)25-21(27)26-24-14-20-3-2-8-28-20/h2-8,14,17-18H,9-13,15H2,1H3,(H2,25,26,27)/b24-14-/t17-,18-,22?,23?/m0/s1. The minimum absolute atomic E-state index is 0.0858. The van der Waals surface area contributed by atoms with E-state index in [1.165, 1.54) is 30.4 Å². The summed E-state index contributed by atoms with van der Waals surface area (Å²) in [5.74, 6) is 1.44. The van der Waals surface area contributed by atoms with Gasteiger partial charge in [-0.1, -0.05) is 35.9 Å². The summed E-state index contributed by atoms with van der Waals surface area (Å²) in [6.07, 6.45) is 8.85. The second-order valence-electron chi connectivity index (χ2n) is 9.23. The SMILES string of the molecule is Cc1ccc(C23C[C@@H]4C[C@H](CC(NC(=O)N/N=C\c5cccs5)(C4)C2)C3)cc1. The van der Waals surface area contributed by atoms with Crippen LogP contribution in [0.1, 0.15) is 54.5 Å². The summed E-state index contributed by atoms with van der Waals surface area (Å²) in [4.78, 5) is 13.6. The van der Waals surface area contributed by atoms with Crippen LogP contribution >= 0.6 is 11.3 Å². The maximum atomic E-state index is 12.6. The number of hydrogen-bond donors (Lipinski definition) is 2. The third-order valence-electron chi connectivity index (χ3n) is 7.00. The second-order valence-corrected chi connectivity index (χ2v) is 10.2. The van der Waals surface area contributed by atoms with Crippen molar-refractivity contribution in [3.05, 3.63) is 57.8 Å². The van der Waals surface area contributed by atoms with Crippen LogP contribution in [0.25, 0.3) is 0 Å². The Bertz CT molecular complexity index is 873. The van der Waals surface area contributed by atoms with Gasteiger partial charge in [-0.25, -0.2) is 10.2 Å². The molecule has 0 aliphatic heterocycles. The van der Waals surface area contributed by atoms with Gasteiger partial charge in [-0.2, -0.15) is 5.10 Å². The quantitative estimate of drug-likeness (QED) is 0.559. The van der Waals surface area contributed by atoms with E-state index in [0.29, 0.717) is 0 Å². The third-order valence-corrected chi connectivity index (χ3v) is 7.81. The zero-order valence-corrected chi connectivity index (χ0v) is 17.1. The van der Waals surface area contributed by atoms with Gasteiger partial charge in [0, 0.05) is 10.4 Å². The van der Waals surface area contributed by atoms with Gasteiger partial charge in [-0.3, -0.25) is 0 Å². The van der Waals surface area contributed by atoms with Crippen molar-refractivity contribution in [1.29, 1.82) is 0 Å². The summed E-state index contributed by atoms with van der Waals surface area (Å²) in [6, 6.07) is 12.9. The first-order valence-electron chi connectivity index (χ1n) is 10.3. The average molecular weight is 394 g/mol. The highest BCUT2D eigenvalue weighted by molar-refractivity contribution is 7.11. The smallest absolute Gasteiger partial charge is 0.331 e. The molecule has 6 rings (SSSR count). The van der Waals surface area contributed by atoms with E-state index in [1.807, 2.05) is 17.5 Å². The van der Waals surface area contributed by atoms with E-state index in [4.69, 9.17) is 0 Å². The lowest BCUT2D eigenvalue weighted by molar-refractivity contribution is -0.0349. The van der Waals surface area contributed by atoms with Crippen LogP contribution in [0, 0.1) is 18.8 Å². The summed E-state index contributed by atoms with van der Waals surface area (Å²) in [6.45, 7) is 2.15. The molecule has 4 fully saturated rings. The molecule has 2 N–H and O–H groups in total. The highest BCUT2D eigenvalue weighted by atomic mass is 32.1. The van der Waals surface area contributed by atoms with Gasteiger partial charge < -0.3 is 5.32 Å². The van der Waals surface area contributed by atoms with Crippen molar-refractivity contribution in [2.24, 2.45) is 16.9 Å². The molecular weight excluding hydrogens is 366 g/mol. The number of carbonyl (C=O) groups excluding carboxylic acids is 1. The Morgan fingerprint density at radius 3 is 2.57 bits per heavy atom. The maximum absolute atomic E-state index is 12.6. The Hall–Kier alpha value is -2.14. The van der Waals surface area contributed by atoms with Gasteiger partial charge in [0.2, 0.25) is 0 Å². The number of rotatable bonds is 4. The monoisotopic (exact) mass is 393 g/mol. The normalized spacial score (nSPS) is 33.3. The fourth-order valence-corrected chi connectivity index (χ4v) is 7.03. The van der Waals surface area contributed by atoms with Crippen molar-refractivity contribution in [3.8, 4) is 0 Å². The molecule has 2 atom stereocenters. The van der Waals surface area contributed by atoms with Crippen LogP contribution in [-0.2, 0) is 5.41 Å². The first kappa shape index (κ1) is 17.9. The molecule has 4 nitrogen and oxygen atoms in total. The molecule has 146 valence electrons. The van der Waals surface area contributed by atoms with Gasteiger partial charge in [-0.05, 0) is 79.7 Å². The van der Waals surface area contributed by atoms with Crippen LogP contribution in [0.15, 0.2) is 46.9 Å². The highest BCUT2D eigenvalue weighted by Gasteiger charge is 2.58. The number of amides is 2. The predicted octanol–water partition coefficient (Wildman–Crippen LogP) is 4.98. The van der Waals surface area contributed by atoms with Gasteiger partial charge in [0.05, 0.1) is 6.21 Å². The van der Waals surface area contributed by atoms with Crippen LogP contribution in [0.3, 0.4) is 0 Å². The lowest BCUT2D eigenvalue weighted by Gasteiger charge is -2.62. The molecule has 28 heavy (non-hydrogen) atoms. The van der Waals surface area contributed by atoms with Crippen LogP contribution in [0.2, 0.25) is 0 Å². The highest BCUT2D eigenvalue weighted by Crippen LogP contribution is 2.62. The Kier molecular flexibility index (Phi) is 4.31. The van der Waals surface area contributed by atoms with E-state index in [2.05, 4.69) is 47.0 Å². The van der Waals surface area contributed by atoms with E-state index in [0.717, 1.165) is 36.0 Å². The summed E-state index contributed by atoms with van der Waals surface area (Å²) < 4.78 is 0. The largest absolute Gasteiger partial charge is 0.335 e. The molecule has 0 radical (unpaired) electrons. The summed E-state index contributed by atoms with van der Waals surface area (Å²) >= 11 is 1.61. The summed E-state index contributed by atoms with van der Waals surface area (Å²) in [7, 11) is 0. The lowest BCUT2D eigenvalue weighted by atomic mass is 9.45. The van der Waals surface area contributed by atoms with E-state index >= 15 is 0 Å². The number of hydrazone groups is 1. The topological polar surface area (TPSA) is 53.5 Å². The van der Waals surface area contributed by atoms with Gasteiger partial charge in [0.25, 0.3) is 0 Å². The number of thiophene rings is 1. The first-order chi connectivity index (χ1) is 13.5. The number of aryl methyl sites for hydroxylation is 1. The molecule has 1 heterocycles. The molecule has 1 aromatic carbocycles. The molecule has 0 spiro atoms. The van der Waals surface area contributed by atoms with Crippen LogP contribution < -0.4 is 10.7 Å². The first-order valence-corrected chi connectivity index (χ1v) is 11.1. The predicted molar refractivity (Wildman–Crippen MR) is 114 cm³/mol. The fraction of sp³-hybridized carbons (Fsp3) is 0.478. The molecule has 0 unspecified atom stereocenters. The van der Waals surface area contributed by atoms with Crippen molar-refractivity contribution in [2.45, 2.75) is 56.4 Å². The maximum Gasteiger partial charge on any atom is 0.335 e. The third kappa shape index (κ3) is 3.26. The van der Waals surface area contributed by atoms with Crippen molar-refractivity contribution in [1.82, 2.24) is 10.7 Å². The van der Waals surface area contributed by atoms with Crippen LogP contribution in [-0.4, -0.2) is 17.8 Å². The van der Waals surface area contributed by atoms with E-state index in [9.17, 15) is 4.79 Å². The fourth-order valence-electron chi connectivity index (χ4n) is 6.44. The Morgan fingerprint density at radius 2 is 1.89 bits per heavy atom. The van der Waals surface area contributed by atoms with Crippen molar-refractivity contribution in [3.63, 3.8) is 0 Å². The van der Waals surface area contributed by atoms with Crippen molar-refractivity contribution in [2.75, 3.05) is 0 Å². The molecule has 2 aromatic rings. The zero-order valence-electron chi connectivity index (χ0n) is 16.3. The molecule has 1 aromatic heterocycles. The minimum Gasteiger partial charge on any atom is -0.331 e. The molecule has 5 heteroatoms. The van der Waals surface area contributed by atoms with Gasteiger partial charge in [-0.15, -0.1) is 11.3 Å². The van der Waals surface area contributed by atoms with E-state index < -0.39 is 0 Å². The van der Waals surface area contributed by atoms with Crippen molar-refractivity contribution >= 4 is 23.6 Å².